The Bertz CT molecular complexity index is 941. The van der Waals surface area contributed by atoms with Crippen LogP contribution in [0.5, 0.6) is 0 Å². The summed E-state index contributed by atoms with van der Waals surface area (Å²) in [6.45, 7) is 1.72. The highest BCUT2D eigenvalue weighted by atomic mass is 16.5. The SMILES string of the molecule is c1cncc(Cc2nc(-c3cccc(C4CCCOC4)c3)n(C3CCCC3)n2)c1. The van der Waals surface area contributed by atoms with Crippen molar-refractivity contribution in [1.29, 1.82) is 0 Å². The molecule has 1 aliphatic heterocycles. The predicted molar refractivity (Wildman–Crippen MR) is 113 cm³/mol. The van der Waals surface area contributed by atoms with E-state index in [1.807, 2.05) is 12.3 Å². The third kappa shape index (κ3) is 4.10. The van der Waals surface area contributed by atoms with E-state index in [0.29, 0.717) is 12.0 Å². The maximum Gasteiger partial charge on any atom is 0.158 e. The maximum atomic E-state index is 5.72. The van der Waals surface area contributed by atoms with Gasteiger partial charge in [0.05, 0.1) is 12.6 Å². The van der Waals surface area contributed by atoms with Crippen molar-refractivity contribution in [3.8, 4) is 11.4 Å². The molecule has 0 radical (unpaired) electrons. The molecule has 2 aliphatic rings. The van der Waals surface area contributed by atoms with Gasteiger partial charge in [0, 0.05) is 36.9 Å². The molecule has 5 nitrogen and oxygen atoms in total. The van der Waals surface area contributed by atoms with E-state index in [4.69, 9.17) is 14.8 Å². The van der Waals surface area contributed by atoms with Crippen LogP contribution in [0.1, 0.15) is 67.4 Å². The lowest BCUT2D eigenvalue weighted by molar-refractivity contribution is 0.0804. The van der Waals surface area contributed by atoms with Gasteiger partial charge in [-0.3, -0.25) is 4.98 Å². The summed E-state index contributed by atoms with van der Waals surface area (Å²) in [5, 5.41) is 4.96. The quantitative estimate of drug-likeness (QED) is 0.621. The van der Waals surface area contributed by atoms with Crippen LogP contribution in [0.3, 0.4) is 0 Å². The fourth-order valence-corrected chi connectivity index (χ4v) is 4.66. The maximum absolute atomic E-state index is 5.72. The number of ether oxygens (including phenoxy) is 1. The third-order valence-electron chi connectivity index (χ3n) is 6.21. The number of pyridine rings is 1. The first kappa shape index (κ1) is 18.5. The number of aromatic nitrogens is 4. The van der Waals surface area contributed by atoms with Crippen molar-refractivity contribution in [3.63, 3.8) is 0 Å². The largest absolute Gasteiger partial charge is 0.381 e. The van der Waals surface area contributed by atoms with Gasteiger partial charge in [0.25, 0.3) is 0 Å². The summed E-state index contributed by atoms with van der Waals surface area (Å²) in [6, 6.07) is 13.4. The highest BCUT2D eigenvalue weighted by Gasteiger charge is 2.24. The minimum Gasteiger partial charge on any atom is -0.381 e. The summed E-state index contributed by atoms with van der Waals surface area (Å²) in [6.07, 6.45) is 11.7. The number of rotatable bonds is 5. The fourth-order valence-electron chi connectivity index (χ4n) is 4.66. The van der Waals surface area contributed by atoms with E-state index in [0.717, 1.165) is 43.3 Å². The number of benzene rings is 1. The Morgan fingerprint density at radius 3 is 2.76 bits per heavy atom. The Labute approximate surface area is 172 Å². The fraction of sp³-hybridized carbons (Fsp3) is 0.458. The molecule has 1 aromatic carbocycles. The van der Waals surface area contributed by atoms with Gasteiger partial charge in [-0.2, -0.15) is 5.10 Å². The number of hydrogen-bond donors (Lipinski definition) is 0. The second kappa shape index (κ2) is 8.46. The van der Waals surface area contributed by atoms with Crippen molar-refractivity contribution in [2.75, 3.05) is 13.2 Å². The molecule has 1 aliphatic carbocycles. The van der Waals surface area contributed by atoms with Crippen molar-refractivity contribution in [3.05, 3.63) is 65.7 Å². The highest BCUT2D eigenvalue weighted by Crippen LogP contribution is 2.34. The van der Waals surface area contributed by atoms with Crippen LogP contribution in [0.2, 0.25) is 0 Å². The molecule has 0 N–H and O–H groups in total. The molecule has 2 aromatic heterocycles. The van der Waals surface area contributed by atoms with Gasteiger partial charge in [-0.05, 0) is 48.9 Å². The van der Waals surface area contributed by atoms with Gasteiger partial charge in [0.2, 0.25) is 0 Å². The smallest absolute Gasteiger partial charge is 0.158 e. The van der Waals surface area contributed by atoms with Crippen molar-refractivity contribution >= 4 is 0 Å². The van der Waals surface area contributed by atoms with E-state index in [1.54, 1.807) is 6.20 Å². The molecule has 0 bridgehead atoms. The summed E-state index contributed by atoms with van der Waals surface area (Å²) < 4.78 is 7.92. The van der Waals surface area contributed by atoms with Gasteiger partial charge in [0.1, 0.15) is 0 Å². The lowest BCUT2D eigenvalue weighted by Crippen LogP contribution is -2.15. The first-order valence-corrected chi connectivity index (χ1v) is 10.9. The van der Waals surface area contributed by atoms with Crippen LogP contribution >= 0.6 is 0 Å². The molecule has 5 rings (SSSR count). The molecule has 5 heteroatoms. The van der Waals surface area contributed by atoms with Crippen LogP contribution in [0.25, 0.3) is 11.4 Å². The second-order valence-corrected chi connectivity index (χ2v) is 8.31. The molecule has 1 saturated heterocycles. The Morgan fingerprint density at radius 2 is 1.97 bits per heavy atom. The van der Waals surface area contributed by atoms with Gasteiger partial charge in [-0.1, -0.05) is 37.1 Å². The zero-order chi connectivity index (χ0) is 19.5. The summed E-state index contributed by atoms with van der Waals surface area (Å²) >= 11 is 0. The number of hydrogen-bond acceptors (Lipinski definition) is 4. The second-order valence-electron chi connectivity index (χ2n) is 8.31. The molecule has 1 unspecified atom stereocenters. The molecule has 2 fully saturated rings. The monoisotopic (exact) mass is 388 g/mol. The summed E-state index contributed by atoms with van der Waals surface area (Å²) in [4.78, 5) is 9.23. The Kier molecular flexibility index (Phi) is 5.39. The lowest BCUT2D eigenvalue weighted by atomic mass is 9.92. The molecular formula is C24H28N4O. The van der Waals surface area contributed by atoms with Crippen molar-refractivity contribution < 1.29 is 4.74 Å². The highest BCUT2D eigenvalue weighted by molar-refractivity contribution is 5.57. The molecule has 0 spiro atoms. The van der Waals surface area contributed by atoms with Crippen molar-refractivity contribution in [2.24, 2.45) is 0 Å². The molecule has 1 atom stereocenters. The number of nitrogens with zero attached hydrogens (tertiary/aromatic N) is 4. The predicted octanol–water partition coefficient (Wildman–Crippen LogP) is 4.94. The molecule has 0 amide bonds. The Balaban J connectivity index is 1.49. The van der Waals surface area contributed by atoms with E-state index < -0.39 is 0 Å². The van der Waals surface area contributed by atoms with E-state index in [2.05, 4.69) is 40.0 Å². The van der Waals surface area contributed by atoms with E-state index in [1.165, 1.54) is 43.2 Å². The summed E-state index contributed by atoms with van der Waals surface area (Å²) in [5.74, 6) is 2.38. The van der Waals surface area contributed by atoms with Gasteiger partial charge < -0.3 is 4.74 Å². The van der Waals surface area contributed by atoms with Crippen LogP contribution in [0.4, 0.5) is 0 Å². The van der Waals surface area contributed by atoms with Crippen LogP contribution in [0, 0.1) is 0 Å². The Morgan fingerprint density at radius 1 is 1.03 bits per heavy atom. The van der Waals surface area contributed by atoms with E-state index >= 15 is 0 Å². The van der Waals surface area contributed by atoms with Crippen LogP contribution in [-0.2, 0) is 11.2 Å². The summed E-state index contributed by atoms with van der Waals surface area (Å²) in [5.41, 5.74) is 3.68. The van der Waals surface area contributed by atoms with Gasteiger partial charge in [-0.25, -0.2) is 9.67 Å². The average Bonchev–Trinajstić information content (AvgIpc) is 3.45. The zero-order valence-corrected chi connectivity index (χ0v) is 16.8. The molecule has 3 heterocycles. The van der Waals surface area contributed by atoms with Gasteiger partial charge in [0.15, 0.2) is 11.6 Å². The topological polar surface area (TPSA) is 52.8 Å². The average molecular weight is 389 g/mol. The lowest BCUT2D eigenvalue weighted by Gasteiger charge is -2.23. The van der Waals surface area contributed by atoms with Gasteiger partial charge >= 0.3 is 0 Å². The molecular weight excluding hydrogens is 360 g/mol. The summed E-state index contributed by atoms with van der Waals surface area (Å²) in [7, 11) is 0. The van der Waals surface area contributed by atoms with Gasteiger partial charge in [-0.15, -0.1) is 0 Å². The van der Waals surface area contributed by atoms with Crippen LogP contribution in [0.15, 0.2) is 48.8 Å². The standard InChI is InChI=1S/C24H28N4O/c1-2-11-22(10-1)28-24(26-23(27-28)14-18-6-4-12-25-16-18)20-8-3-7-19(15-20)21-9-5-13-29-17-21/h3-4,6-8,12,15-16,21-22H,1-2,5,9-11,13-14,17H2. The normalized spacial score (nSPS) is 20.2. The molecule has 3 aromatic rings. The van der Waals surface area contributed by atoms with Crippen molar-refractivity contribution in [1.82, 2.24) is 19.7 Å². The Hall–Kier alpha value is -2.53. The zero-order valence-electron chi connectivity index (χ0n) is 16.8. The van der Waals surface area contributed by atoms with E-state index in [-0.39, 0.29) is 0 Å². The van der Waals surface area contributed by atoms with Crippen LogP contribution in [-0.4, -0.2) is 33.0 Å². The minimum atomic E-state index is 0.460. The van der Waals surface area contributed by atoms with Crippen LogP contribution < -0.4 is 0 Å². The third-order valence-corrected chi connectivity index (χ3v) is 6.21. The molecule has 150 valence electrons. The van der Waals surface area contributed by atoms with Crippen molar-refractivity contribution in [2.45, 2.75) is 56.9 Å². The molecule has 1 saturated carbocycles. The minimum absolute atomic E-state index is 0.460. The first-order chi connectivity index (χ1) is 14.4. The van der Waals surface area contributed by atoms with E-state index in [9.17, 15) is 0 Å². The first-order valence-electron chi connectivity index (χ1n) is 10.9. The molecule has 29 heavy (non-hydrogen) atoms.